The second kappa shape index (κ2) is 10.1. The Kier molecular flexibility index (Phi) is 7.99. The average Bonchev–Trinajstić information content (AvgIpc) is 3.05. The van der Waals surface area contributed by atoms with E-state index in [1.807, 2.05) is 6.92 Å². The summed E-state index contributed by atoms with van der Waals surface area (Å²) in [6.07, 6.45) is 0.953. The van der Waals surface area contributed by atoms with Crippen molar-refractivity contribution in [2.75, 3.05) is 25.2 Å². The quantitative estimate of drug-likeness (QED) is 0.533. The van der Waals surface area contributed by atoms with E-state index >= 15 is 0 Å². The standard InChI is InChI=1S/C19H25F2NO7S/c1-4-12(2)22(14-7-8-30(25,26)11-14)17(23)10-28-18(24)13-5-6-15(29-19(20)21)16(9-13)27-3/h5-6,9,12,14,19H,4,7-8,10-11H2,1-3H3. The zero-order valence-corrected chi connectivity index (χ0v) is 17.8. The summed E-state index contributed by atoms with van der Waals surface area (Å²) in [7, 11) is -1.96. The summed E-state index contributed by atoms with van der Waals surface area (Å²) in [6.45, 7) is 0.0462. The largest absolute Gasteiger partial charge is 0.493 e. The first-order valence-corrected chi connectivity index (χ1v) is 11.2. The number of benzene rings is 1. The van der Waals surface area contributed by atoms with Crippen LogP contribution in [0.3, 0.4) is 0 Å². The number of sulfone groups is 1. The summed E-state index contributed by atoms with van der Waals surface area (Å²) in [5.41, 5.74) is -0.0141. The van der Waals surface area contributed by atoms with Gasteiger partial charge in [0.25, 0.3) is 5.91 Å². The molecular formula is C19H25F2NO7S. The molecule has 1 amide bonds. The Morgan fingerprint density at radius 3 is 2.50 bits per heavy atom. The second-order valence-corrected chi connectivity index (χ2v) is 9.16. The lowest BCUT2D eigenvalue weighted by molar-refractivity contribution is -0.138. The van der Waals surface area contributed by atoms with Crippen LogP contribution < -0.4 is 9.47 Å². The van der Waals surface area contributed by atoms with Gasteiger partial charge in [-0.25, -0.2) is 13.2 Å². The van der Waals surface area contributed by atoms with Crippen molar-refractivity contribution in [3.63, 3.8) is 0 Å². The van der Waals surface area contributed by atoms with Gasteiger partial charge in [-0.3, -0.25) is 4.79 Å². The van der Waals surface area contributed by atoms with Crippen molar-refractivity contribution in [3.8, 4) is 11.5 Å². The third-order valence-corrected chi connectivity index (χ3v) is 6.65. The molecule has 1 aliphatic rings. The first kappa shape index (κ1) is 23.8. The lowest BCUT2D eigenvalue weighted by atomic mass is 10.1. The topological polar surface area (TPSA) is 99.2 Å². The monoisotopic (exact) mass is 449 g/mol. The predicted molar refractivity (Wildman–Crippen MR) is 104 cm³/mol. The highest BCUT2D eigenvalue weighted by molar-refractivity contribution is 7.91. The van der Waals surface area contributed by atoms with Gasteiger partial charge in [0.15, 0.2) is 27.9 Å². The lowest BCUT2D eigenvalue weighted by Crippen LogP contribution is -2.48. The van der Waals surface area contributed by atoms with Crippen LogP contribution in [0, 0.1) is 0 Å². The normalized spacial score (nSPS) is 18.7. The molecule has 0 spiro atoms. The van der Waals surface area contributed by atoms with Crippen LogP contribution in [-0.4, -0.2) is 69.1 Å². The van der Waals surface area contributed by atoms with Gasteiger partial charge in [0, 0.05) is 12.1 Å². The molecule has 2 unspecified atom stereocenters. The fourth-order valence-corrected chi connectivity index (χ4v) is 4.99. The predicted octanol–water partition coefficient (Wildman–Crippen LogP) is 2.27. The van der Waals surface area contributed by atoms with Crippen LogP contribution in [0.5, 0.6) is 11.5 Å². The van der Waals surface area contributed by atoms with Crippen LogP contribution in [0.25, 0.3) is 0 Å². The molecule has 0 N–H and O–H groups in total. The Balaban J connectivity index is 2.07. The first-order chi connectivity index (χ1) is 14.1. The number of alkyl halides is 2. The molecule has 0 radical (unpaired) electrons. The van der Waals surface area contributed by atoms with Crippen molar-refractivity contribution in [1.82, 2.24) is 4.90 Å². The van der Waals surface area contributed by atoms with Crippen molar-refractivity contribution in [1.29, 1.82) is 0 Å². The Morgan fingerprint density at radius 1 is 1.27 bits per heavy atom. The lowest BCUT2D eigenvalue weighted by Gasteiger charge is -2.33. The zero-order chi connectivity index (χ0) is 22.5. The van der Waals surface area contributed by atoms with Crippen LogP contribution in [-0.2, 0) is 19.4 Å². The van der Waals surface area contributed by atoms with E-state index in [9.17, 15) is 26.8 Å². The number of methoxy groups -OCH3 is 1. The molecule has 1 fully saturated rings. The number of carbonyl (C=O) groups is 2. The minimum atomic E-state index is -3.19. The Morgan fingerprint density at radius 2 is 1.97 bits per heavy atom. The highest BCUT2D eigenvalue weighted by Crippen LogP contribution is 2.29. The smallest absolute Gasteiger partial charge is 0.387 e. The fourth-order valence-electron chi connectivity index (χ4n) is 3.27. The fraction of sp³-hybridized carbons (Fsp3) is 0.579. The Labute approximate surface area is 174 Å². The molecular weight excluding hydrogens is 424 g/mol. The number of hydrogen-bond acceptors (Lipinski definition) is 7. The molecule has 1 heterocycles. The molecule has 0 aliphatic carbocycles. The summed E-state index contributed by atoms with van der Waals surface area (Å²) >= 11 is 0. The van der Waals surface area contributed by atoms with Gasteiger partial charge in [0.2, 0.25) is 0 Å². The summed E-state index contributed by atoms with van der Waals surface area (Å²) in [4.78, 5) is 26.5. The maximum absolute atomic E-state index is 12.7. The van der Waals surface area contributed by atoms with Crippen molar-refractivity contribution in [3.05, 3.63) is 23.8 Å². The maximum Gasteiger partial charge on any atom is 0.387 e. The maximum atomic E-state index is 12.7. The van der Waals surface area contributed by atoms with Crippen LogP contribution in [0.1, 0.15) is 37.0 Å². The van der Waals surface area contributed by atoms with E-state index in [0.717, 1.165) is 6.07 Å². The van der Waals surface area contributed by atoms with Crippen LogP contribution >= 0.6 is 0 Å². The van der Waals surface area contributed by atoms with E-state index < -0.39 is 41.0 Å². The number of ether oxygens (including phenoxy) is 3. The molecule has 1 aliphatic heterocycles. The van der Waals surface area contributed by atoms with Gasteiger partial charge in [0.05, 0.1) is 24.2 Å². The van der Waals surface area contributed by atoms with E-state index in [1.165, 1.54) is 24.1 Å². The first-order valence-electron chi connectivity index (χ1n) is 9.39. The highest BCUT2D eigenvalue weighted by Gasteiger charge is 2.36. The highest BCUT2D eigenvalue weighted by atomic mass is 32.2. The minimum absolute atomic E-state index is 0.0141. The number of esters is 1. The molecule has 0 bridgehead atoms. The third-order valence-electron chi connectivity index (χ3n) is 4.90. The number of hydrogen-bond donors (Lipinski definition) is 0. The molecule has 1 aromatic carbocycles. The van der Waals surface area contributed by atoms with E-state index in [-0.39, 0.29) is 34.6 Å². The molecule has 11 heteroatoms. The Bertz CT molecular complexity index is 876. The molecule has 2 atom stereocenters. The molecule has 168 valence electrons. The van der Waals surface area contributed by atoms with Gasteiger partial charge in [-0.15, -0.1) is 0 Å². The Hall–Kier alpha value is -2.43. The molecule has 0 saturated carbocycles. The van der Waals surface area contributed by atoms with Crippen LogP contribution in [0.4, 0.5) is 8.78 Å². The molecule has 1 saturated heterocycles. The number of halogens is 2. The summed E-state index contributed by atoms with van der Waals surface area (Å²) in [5, 5.41) is 0. The van der Waals surface area contributed by atoms with E-state index in [4.69, 9.17) is 9.47 Å². The van der Waals surface area contributed by atoms with Crippen molar-refractivity contribution >= 4 is 21.7 Å². The second-order valence-electron chi connectivity index (χ2n) is 6.94. The molecule has 0 aromatic heterocycles. The average molecular weight is 449 g/mol. The van der Waals surface area contributed by atoms with Crippen molar-refractivity contribution in [2.45, 2.75) is 45.4 Å². The summed E-state index contributed by atoms with van der Waals surface area (Å²) in [5.74, 6) is -1.78. The van der Waals surface area contributed by atoms with Crippen LogP contribution in [0.2, 0.25) is 0 Å². The van der Waals surface area contributed by atoms with Crippen molar-refractivity contribution in [2.24, 2.45) is 0 Å². The summed E-state index contributed by atoms with van der Waals surface area (Å²) in [6, 6.07) is 2.84. The number of rotatable bonds is 9. The molecule has 1 aromatic rings. The van der Waals surface area contributed by atoms with E-state index in [1.54, 1.807) is 6.92 Å². The minimum Gasteiger partial charge on any atom is -0.493 e. The van der Waals surface area contributed by atoms with E-state index in [0.29, 0.717) is 12.8 Å². The number of amides is 1. The van der Waals surface area contributed by atoms with Gasteiger partial charge in [-0.2, -0.15) is 8.78 Å². The van der Waals surface area contributed by atoms with Gasteiger partial charge in [0.1, 0.15) is 0 Å². The van der Waals surface area contributed by atoms with Gasteiger partial charge < -0.3 is 19.1 Å². The number of carbonyl (C=O) groups excluding carboxylic acids is 2. The van der Waals surface area contributed by atoms with Gasteiger partial charge in [-0.1, -0.05) is 6.92 Å². The third kappa shape index (κ3) is 6.04. The molecule has 8 nitrogen and oxygen atoms in total. The number of nitrogens with zero attached hydrogens (tertiary/aromatic N) is 1. The SMILES string of the molecule is CCC(C)N(C(=O)COC(=O)c1ccc(OC(F)F)c(OC)c1)C1CCS(=O)(=O)C1. The van der Waals surface area contributed by atoms with Crippen LogP contribution in [0.15, 0.2) is 18.2 Å². The van der Waals surface area contributed by atoms with Gasteiger partial charge in [-0.05, 0) is 38.0 Å². The van der Waals surface area contributed by atoms with Crippen molar-refractivity contribution < 1.29 is 41.0 Å². The molecule has 30 heavy (non-hydrogen) atoms. The molecule has 2 rings (SSSR count). The van der Waals surface area contributed by atoms with Gasteiger partial charge >= 0.3 is 12.6 Å². The summed E-state index contributed by atoms with van der Waals surface area (Å²) < 4.78 is 62.7. The van der Waals surface area contributed by atoms with E-state index in [2.05, 4.69) is 4.74 Å². The zero-order valence-electron chi connectivity index (χ0n) is 17.0.